The van der Waals surface area contributed by atoms with Crippen molar-refractivity contribution in [3.8, 4) is 17.2 Å². The standard InChI is InChI=1S/C28H29N3O4S2/c1-16-9-11-21(17(2)13-16)31-27(33)25-19-7-5-6-8-23(19)37-26(25)30-28(31)36-15-24(32)29-20-14-18(34-3)10-12-22(20)35-4/h9-14H,5-8,15H2,1-4H3,(H,29,32). The summed E-state index contributed by atoms with van der Waals surface area (Å²) in [5, 5.41) is 4.14. The fourth-order valence-corrected chi connectivity index (χ4v) is 6.89. The molecule has 0 saturated heterocycles. The zero-order valence-corrected chi connectivity index (χ0v) is 23.0. The van der Waals surface area contributed by atoms with Gasteiger partial charge in [-0.2, -0.15) is 0 Å². The summed E-state index contributed by atoms with van der Waals surface area (Å²) in [4.78, 5) is 33.9. The average molecular weight is 536 g/mol. The minimum absolute atomic E-state index is 0.0614. The number of anilines is 1. The quantitative estimate of drug-likeness (QED) is 0.242. The van der Waals surface area contributed by atoms with E-state index in [-0.39, 0.29) is 17.2 Å². The molecule has 7 nitrogen and oxygen atoms in total. The number of nitrogens with zero attached hydrogens (tertiary/aromatic N) is 2. The number of ether oxygens (including phenoxy) is 2. The van der Waals surface area contributed by atoms with Crippen molar-refractivity contribution in [3.63, 3.8) is 0 Å². The van der Waals surface area contributed by atoms with Gasteiger partial charge in [0.05, 0.1) is 36.7 Å². The Kier molecular flexibility index (Phi) is 7.26. The van der Waals surface area contributed by atoms with Crippen molar-refractivity contribution in [3.05, 3.63) is 68.3 Å². The second-order valence-corrected chi connectivity index (χ2v) is 11.1. The summed E-state index contributed by atoms with van der Waals surface area (Å²) in [7, 11) is 3.12. The molecule has 0 bridgehead atoms. The normalized spacial score (nSPS) is 12.9. The summed E-state index contributed by atoms with van der Waals surface area (Å²) in [6.45, 7) is 4.03. The number of amides is 1. The smallest absolute Gasteiger partial charge is 0.267 e. The van der Waals surface area contributed by atoms with E-state index in [0.717, 1.165) is 58.3 Å². The highest BCUT2D eigenvalue weighted by Crippen LogP contribution is 2.36. The maximum Gasteiger partial charge on any atom is 0.267 e. The van der Waals surface area contributed by atoms with E-state index in [1.807, 2.05) is 26.0 Å². The van der Waals surface area contributed by atoms with Gasteiger partial charge in [-0.15, -0.1) is 11.3 Å². The lowest BCUT2D eigenvalue weighted by Gasteiger charge is -2.16. The number of rotatable bonds is 7. The van der Waals surface area contributed by atoms with Crippen molar-refractivity contribution in [1.29, 1.82) is 0 Å². The van der Waals surface area contributed by atoms with Crippen LogP contribution in [0.5, 0.6) is 11.5 Å². The topological polar surface area (TPSA) is 82.5 Å². The van der Waals surface area contributed by atoms with Gasteiger partial charge in [0.1, 0.15) is 16.3 Å². The van der Waals surface area contributed by atoms with Crippen LogP contribution in [0.25, 0.3) is 15.9 Å². The predicted octanol–water partition coefficient (Wildman–Crippen LogP) is 5.69. The Bertz CT molecular complexity index is 1560. The van der Waals surface area contributed by atoms with Crippen LogP contribution in [0.3, 0.4) is 0 Å². The van der Waals surface area contributed by atoms with Crippen LogP contribution >= 0.6 is 23.1 Å². The van der Waals surface area contributed by atoms with E-state index in [4.69, 9.17) is 14.5 Å². The van der Waals surface area contributed by atoms with Gasteiger partial charge in [0, 0.05) is 10.9 Å². The Hall–Kier alpha value is -3.30. The SMILES string of the molecule is COc1ccc(OC)c(NC(=O)CSc2nc3sc4c(c3c(=O)n2-c2ccc(C)cc2C)CCCC4)c1. The third-order valence-corrected chi connectivity index (χ3v) is 8.69. The Morgan fingerprint density at radius 1 is 1.11 bits per heavy atom. The van der Waals surface area contributed by atoms with E-state index in [9.17, 15) is 9.59 Å². The molecule has 4 aromatic rings. The van der Waals surface area contributed by atoms with Crippen molar-refractivity contribution in [1.82, 2.24) is 9.55 Å². The molecule has 0 aliphatic heterocycles. The number of carbonyl (C=O) groups excluding carboxylic acids is 1. The van der Waals surface area contributed by atoms with Crippen molar-refractivity contribution in [2.24, 2.45) is 0 Å². The van der Waals surface area contributed by atoms with Crippen LogP contribution in [0, 0.1) is 13.8 Å². The summed E-state index contributed by atoms with van der Waals surface area (Å²) in [6, 6.07) is 11.2. The molecule has 2 heterocycles. The van der Waals surface area contributed by atoms with E-state index in [1.54, 1.807) is 48.3 Å². The highest BCUT2D eigenvalue weighted by molar-refractivity contribution is 7.99. The molecule has 1 amide bonds. The first kappa shape index (κ1) is 25.4. The third-order valence-electron chi connectivity index (χ3n) is 6.56. The number of hydrogen-bond acceptors (Lipinski definition) is 7. The van der Waals surface area contributed by atoms with Crippen LogP contribution in [0.15, 0.2) is 46.3 Å². The lowest BCUT2D eigenvalue weighted by atomic mass is 9.97. The zero-order valence-electron chi connectivity index (χ0n) is 21.3. The Balaban J connectivity index is 1.52. The van der Waals surface area contributed by atoms with E-state index in [0.29, 0.717) is 22.3 Å². The molecule has 0 radical (unpaired) electrons. The summed E-state index contributed by atoms with van der Waals surface area (Å²) in [5.41, 5.74) is 4.51. The number of benzene rings is 2. The minimum atomic E-state index is -0.233. The zero-order chi connectivity index (χ0) is 26.1. The summed E-state index contributed by atoms with van der Waals surface area (Å²) >= 11 is 2.87. The summed E-state index contributed by atoms with van der Waals surface area (Å²) < 4.78 is 12.3. The maximum absolute atomic E-state index is 14.0. The van der Waals surface area contributed by atoms with Crippen LogP contribution in [-0.2, 0) is 17.6 Å². The van der Waals surface area contributed by atoms with Gasteiger partial charge in [-0.25, -0.2) is 4.98 Å². The molecule has 1 aliphatic rings. The first-order valence-corrected chi connectivity index (χ1v) is 14.0. The number of aryl methyl sites for hydroxylation is 4. The molecule has 0 spiro atoms. The second-order valence-electron chi connectivity index (χ2n) is 9.12. The van der Waals surface area contributed by atoms with Gasteiger partial charge in [0.25, 0.3) is 5.56 Å². The Morgan fingerprint density at radius 3 is 2.68 bits per heavy atom. The van der Waals surface area contributed by atoms with Crippen LogP contribution in [0.1, 0.15) is 34.4 Å². The predicted molar refractivity (Wildman–Crippen MR) is 150 cm³/mol. The number of carbonyl (C=O) groups is 1. The van der Waals surface area contributed by atoms with Crippen LogP contribution in [0.4, 0.5) is 5.69 Å². The van der Waals surface area contributed by atoms with Crippen molar-refractivity contribution >= 4 is 44.9 Å². The number of thioether (sulfide) groups is 1. The van der Waals surface area contributed by atoms with E-state index >= 15 is 0 Å². The largest absolute Gasteiger partial charge is 0.497 e. The van der Waals surface area contributed by atoms with Gasteiger partial charge in [-0.05, 0) is 68.9 Å². The van der Waals surface area contributed by atoms with Crippen molar-refractivity contribution < 1.29 is 14.3 Å². The number of fused-ring (bicyclic) bond motifs is 3. The van der Waals surface area contributed by atoms with Crippen LogP contribution in [-0.4, -0.2) is 35.4 Å². The molecule has 2 aromatic carbocycles. The highest BCUT2D eigenvalue weighted by Gasteiger charge is 2.24. The number of hydrogen-bond donors (Lipinski definition) is 1. The number of methoxy groups -OCH3 is 2. The molecule has 37 heavy (non-hydrogen) atoms. The molecule has 0 saturated carbocycles. The van der Waals surface area contributed by atoms with E-state index in [1.165, 1.54) is 16.6 Å². The molecular formula is C28H29N3O4S2. The van der Waals surface area contributed by atoms with Gasteiger partial charge in [-0.3, -0.25) is 14.2 Å². The molecular weight excluding hydrogens is 506 g/mol. The second kappa shape index (κ2) is 10.6. The molecule has 9 heteroatoms. The number of aromatic nitrogens is 2. The number of thiophene rings is 1. The highest BCUT2D eigenvalue weighted by atomic mass is 32.2. The van der Waals surface area contributed by atoms with Gasteiger partial charge in [0.15, 0.2) is 5.16 Å². The molecule has 5 rings (SSSR count). The van der Waals surface area contributed by atoms with Gasteiger partial charge >= 0.3 is 0 Å². The lowest BCUT2D eigenvalue weighted by Crippen LogP contribution is -2.24. The van der Waals surface area contributed by atoms with E-state index in [2.05, 4.69) is 11.4 Å². The molecule has 0 atom stereocenters. The van der Waals surface area contributed by atoms with Gasteiger partial charge in [0.2, 0.25) is 5.91 Å². The third kappa shape index (κ3) is 4.98. The van der Waals surface area contributed by atoms with Crippen LogP contribution < -0.4 is 20.3 Å². The molecule has 0 fully saturated rings. The van der Waals surface area contributed by atoms with Gasteiger partial charge < -0.3 is 14.8 Å². The molecule has 1 aliphatic carbocycles. The summed E-state index contributed by atoms with van der Waals surface area (Å²) in [6.07, 6.45) is 4.13. The average Bonchev–Trinajstić information content (AvgIpc) is 3.27. The molecule has 192 valence electrons. The monoisotopic (exact) mass is 535 g/mol. The van der Waals surface area contributed by atoms with Crippen molar-refractivity contribution in [2.45, 2.75) is 44.7 Å². The van der Waals surface area contributed by atoms with Crippen LogP contribution in [0.2, 0.25) is 0 Å². The first-order chi connectivity index (χ1) is 17.9. The fourth-order valence-electron chi connectivity index (χ4n) is 4.78. The van der Waals surface area contributed by atoms with Crippen molar-refractivity contribution in [2.75, 3.05) is 25.3 Å². The summed E-state index contributed by atoms with van der Waals surface area (Å²) in [5.74, 6) is 0.994. The van der Waals surface area contributed by atoms with Gasteiger partial charge in [-0.1, -0.05) is 29.5 Å². The maximum atomic E-state index is 14.0. The van der Waals surface area contributed by atoms with E-state index < -0.39 is 0 Å². The Morgan fingerprint density at radius 2 is 1.92 bits per heavy atom. The number of nitrogens with one attached hydrogen (secondary N) is 1. The fraction of sp³-hybridized carbons (Fsp3) is 0.321. The first-order valence-electron chi connectivity index (χ1n) is 12.2. The minimum Gasteiger partial charge on any atom is -0.497 e. The molecule has 1 N–H and O–H groups in total. The molecule has 0 unspecified atom stereocenters. The molecule has 2 aromatic heterocycles. The Labute approximate surface area is 223 Å². The lowest BCUT2D eigenvalue weighted by molar-refractivity contribution is -0.113.